The summed E-state index contributed by atoms with van der Waals surface area (Å²) < 4.78 is 16.9. The molecule has 0 rings (SSSR count). The SMILES string of the molecule is CCCCC/C=C\CCCCCCCC(=O)OCC(COC(=O)CCCCCCCC/C=C\C/C=C\C/C=C\CCCCCCC)OC(=O)CCCCCCCCC/C=C\C/C=C\CCCCCC. The lowest BCUT2D eigenvalue weighted by atomic mass is 10.1. The van der Waals surface area contributed by atoms with Gasteiger partial charge in [0.1, 0.15) is 13.2 Å². The second-order valence-corrected chi connectivity index (χ2v) is 19.5. The molecule has 0 aromatic carbocycles. The lowest BCUT2D eigenvalue weighted by molar-refractivity contribution is -0.167. The van der Waals surface area contributed by atoms with E-state index in [1.807, 2.05) is 0 Å². The van der Waals surface area contributed by atoms with E-state index in [4.69, 9.17) is 14.2 Å². The summed E-state index contributed by atoms with van der Waals surface area (Å²) in [5.41, 5.74) is 0. The van der Waals surface area contributed by atoms with Crippen molar-refractivity contribution in [3.63, 3.8) is 0 Å². The van der Waals surface area contributed by atoms with Crippen LogP contribution in [0.2, 0.25) is 0 Å². The maximum absolute atomic E-state index is 12.9. The highest BCUT2D eigenvalue weighted by molar-refractivity contribution is 5.71. The normalized spacial score (nSPS) is 12.6. The molecule has 0 fully saturated rings. The molecule has 0 aromatic heterocycles. The van der Waals surface area contributed by atoms with E-state index >= 15 is 0 Å². The van der Waals surface area contributed by atoms with Crippen LogP contribution in [-0.4, -0.2) is 37.2 Å². The first-order valence-corrected chi connectivity index (χ1v) is 29.4. The van der Waals surface area contributed by atoms with E-state index in [1.165, 1.54) is 154 Å². The predicted octanol–water partition coefficient (Wildman–Crippen LogP) is 19.8. The fourth-order valence-corrected chi connectivity index (χ4v) is 8.18. The van der Waals surface area contributed by atoms with Crippen LogP contribution in [0.15, 0.2) is 72.9 Å². The summed E-state index contributed by atoms with van der Waals surface area (Å²) in [7, 11) is 0. The second-order valence-electron chi connectivity index (χ2n) is 19.5. The molecular weight excluding hydrogens is 853 g/mol. The van der Waals surface area contributed by atoms with E-state index < -0.39 is 6.10 Å². The first kappa shape index (κ1) is 65.8. The minimum Gasteiger partial charge on any atom is -0.462 e. The van der Waals surface area contributed by atoms with Crippen LogP contribution in [0.25, 0.3) is 0 Å². The van der Waals surface area contributed by atoms with E-state index in [0.29, 0.717) is 19.3 Å². The Bertz CT molecular complexity index is 1290. The van der Waals surface area contributed by atoms with E-state index in [-0.39, 0.29) is 31.1 Å². The minimum atomic E-state index is -0.789. The number of rotatable bonds is 53. The third kappa shape index (κ3) is 55.6. The van der Waals surface area contributed by atoms with Crippen molar-refractivity contribution in [3.05, 3.63) is 72.9 Å². The molecular formula is C63H110O6. The highest BCUT2D eigenvalue weighted by atomic mass is 16.6. The Kier molecular flexibility index (Phi) is 54.8. The molecule has 0 spiro atoms. The van der Waals surface area contributed by atoms with Crippen molar-refractivity contribution in [1.29, 1.82) is 0 Å². The van der Waals surface area contributed by atoms with Crippen molar-refractivity contribution in [2.75, 3.05) is 13.2 Å². The van der Waals surface area contributed by atoms with Crippen LogP contribution in [0.4, 0.5) is 0 Å². The van der Waals surface area contributed by atoms with Gasteiger partial charge in [0.2, 0.25) is 0 Å². The molecule has 0 bridgehead atoms. The van der Waals surface area contributed by atoms with Crippen LogP contribution in [0, 0.1) is 0 Å². The number of carbonyl (C=O) groups excluding carboxylic acids is 3. The van der Waals surface area contributed by atoms with E-state index in [2.05, 4.69) is 93.7 Å². The van der Waals surface area contributed by atoms with Gasteiger partial charge in [-0.05, 0) is 116 Å². The summed E-state index contributed by atoms with van der Waals surface area (Å²) in [6, 6.07) is 0. The molecule has 0 heterocycles. The molecule has 0 aliphatic rings. The molecule has 1 unspecified atom stereocenters. The van der Waals surface area contributed by atoms with E-state index in [9.17, 15) is 14.4 Å². The fraction of sp³-hybridized carbons (Fsp3) is 0.762. The van der Waals surface area contributed by atoms with Gasteiger partial charge in [-0.2, -0.15) is 0 Å². The van der Waals surface area contributed by atoms with Crippen molar-refractivity contribution in [1.82, 2.24) is 0 Å². The lowest BCUT2D eigenvalue weighted by Crippen LogP contribution is -2.30. The molecule has 6 nitrogen and oxygen atoms in total. The van der Waals surface area contributed by atoms with Gasteiger partial charge in [0.05, 0.1) is 0 Å². The van der Waals surface area contributed by atoms with Gasteiger partial charge in [0, 0.05) is 19.3 Å². The first-order chi connectivity index (χ1) is 34.0. The van der Waals surface area contributed by atoms with Crippen molar-refractivity contribution in [2.24, 2.45) is 0 Å². The maximum atomic E-state index is 12.9. The summed E-state index contributed by atoms with van der Waals surface area (Å²) in [4.78, 5) is 38.2. The molecule has 0 radical (unpaired) electrons. The van der Waals surface area contributed by atoms with Gasteiger partial charge in [-0.25, -0.2) is 0 Å². The third-order valence-electron chi connectivity index (χ3n) is 12.7. The van der Waals surface area contributed by atoms with Crippen LogP contribution in [0.1, 0.15) is 290 Å². The van der Waals surface area contributed by atoms with Crippen LogP contribution >= 0.6 is 0 Å². The smallest absolute Gasteiger partial charge is 0.306 e. The standard InChI is InChI=1S/C63H110O6/c1-4-7-10-13-16-19-22-25-27-29-31-32-33-35-36-38-41-44-47-50-53-56-62(65)68-59-60(58-67-61(64)55-52-49-46-43-40-24-21-18-15-12-9-6-3)69-63(66)57-54-51-48-45-42-39-37-34-30-28-26-23-20-17-14-11-8-5-2/h18,20-23,25,28-31,33,35,60H,4-17,19,24,26-27,32,34,36-59H2,1-3H3/b21-18-,23-20-,25-22-,30-28-,31-29-,35-33-. The molecule has 0 aliphatic heterocycles. The Hall–Kier alpha value is -3.15. The number of allylic oxidation sites excluding steroid dienone is 12. The van der Waals surface area contributed by atoms with Crippen molar-refractivity contribution in [3.8, 4) is 0 Å². The second kappa shape index (κ2) is 57.4. The summed E-state index contributed by atoms with van der Waals surface area (Å²) in [6.45, 7) is 6.58. The fourth-order valence-electron chi connectivity index (χ4n) is 8.18. The third-order valence-corrected chi connectivity index (χ3v) is 12.7. The molecule has 398 valence electrons. The summed E-state index contributed by atoms with van der Waals surface area (Å²) in [6.07, 6.45) is 73.2. The number of hydrogen-bond donors (Lipinski definition) is 0. The average Bonchev–Trinajstić information content (AvgIpc) is 3.35. The van der Waals surface area contributed by atoms with Crippen molar-refractivity contribution in [2.45, 2.75) is 297 Å². The summed E-state index contributed by atoms with van der Waals surface area (Å²) >= 11 is 0. The summed E-state index contributed by atoms with van der Waals surface area (Å²) in [5, 5.41) is 0. The highest BCUT2D eigenvalue weighted by Gasteiger charge is 2.19. The van der Waals surface area contributed by atoms with E-state index in [0.717, 1.165) is 96.3 Å². The zero-order chi connectivity index (χ0) is 50.0. The Morgan fingerprint density at radius 2 is 0.522 bits per heavy atom. The Morgan fingerprint density at radius 1 is 0.290 bits per heavy atom. The number of carbonyl (C=O) groups is 3. The van der Waals surface area contributed by atoms with Gasteiger partial charge in [-0.1, -0.05) is 229 Å². The number of esters is 3. The molecule has 0 saturated carbocycles. The van der Waals surface area contributed by atoms with Crippen LogP contribution in [-0.2, 0) is 28.6 Å². The molecule has 69 heavy (non-hydrogen) atoms. The Morgan fingerprint density at radius 3 is 0.870 bits per heavy atom. The first-order valence-electron chi connectivity index (χ1n) is 29.4. The zero-order valence-corrected chi connectivity index (χ0v) is 45.6. The predicted molar refractivity (Wildman–Crippen MR) is 298 cm³/mol. The topological polar surface area (TPSA) is 78.9 Å². The van der Waals surface area contributed by atoms with Gasteiger partial charge in [-0.3, -0.25) is 14.4 Å². The Balaban J connectivity index is 4.38. The lowest BCUT2D eigenvalue weighted by Gasteiger charge is -2.18. The molecule has 0 saturated heterocycles. The molecule has 0 amide bonds. The monoisotopic (exact) mass is 963 g/mol. The number of ether oxygens (including phenoxy) is 3. The highest BCUT2D eigenvalue weighted by Crippen LogP contribution is 2.15. The van der Waals surface area contributed by atoms with Gasteiger partial charge >= 0.3 is 17.9 Å². The molecule has 0 N–H and O–H groups in total. The van der Waals surface area contributed by atoms with Crippen molar-refractivity contribution >= 4 is 17.9 Å². The number of unbranched alkanes of at least 4 members (excludes halogenated alkanes) is 30. The Labute approximate surface area is 427 Å². The largest absolute Gasteiger partial charge is 0.462 e. The minimum absolute atomic E-state index is 0.0870. The van der Waals surface area contributed by atoms with Crippen LogP contribution in [0.5, 0.6) is 0 Å². The summed E-state index contributed by atoms with van der Waals surface area (Å²) in [5.74, 6) is -0.908. The van der Waals surface area contributed by atoms with Gasteiger partial charge in [-0.15, -0.1) is 0 Å². The quantitative estimate of drug-likeness (QED) is 0.0262. The van der Waals surface area contributed by atoms with Crippen LogP contribution in [0.3, 0.4) is 0 Å². The zero-order valence-electron chi connectivity index (χ0n) is 45.6. The maximum Gasteiger partial charge on any atom is 0.306 e. The molecule has 0 aromatic rings. The molecule has 6 heteroatoms. The van der Waals surface area contributed by atoms with Gasteiger partial charge in [0.25, 0.3) is 0 Å². The van der Waals surface area contributed by atoms with Crippen LogP contribution < -0.4 is 0 Å². The van der Waals surface area contributed by atoms with Crippen molar-refractivity contribution < 1.29 is 28.6 Å². The van der Waals surface area contributed by atoms with Gasteiger partial charge in [0.15, 0.2) is 6.10 Å². The van der Waals surface area contributed by atoms with Gasteiger partial charge < -0.3 is 14.2 Å². The van der Waals surface area contributed by atoms with E-state index in [1.54, 1.807) is 0 Å². The molecule has 1 atom stereocenters. The number of hydrogen-bond acceptors (Lipinski definition) is 6. The molecule has 0 aliphatic carbocycles. The average molecular weight is 964 g/mol.